The third-order valence-corrected chi connectivity index (χ3v) is 25.7. The molecule has 3 aromatic heterocycles. The number of carboxylic acids is 2. The quantitative estimate of drug-likeness (QED) is 0.0332. The number of primary amides is 2. The summed E-state index contributed by atoms with van der Waals surface area (Å²) in [4.78, 5) is 294. The predicted octanol–water partition coefficient (Wildman–Crippen LogP) is -0.272. The van der Waals surface area contributed by atoms with Crippen LogP contribution >= 0.6 is 11.8 Å². The lowest BCUT2D eigenvalue weighted by Crippen LogP contribution is -2.61. The average Bonchev–Trinajstić information content (AvgIpc) is 1.53. The second-order valence-corrected chi connectivity index (χ2v) is 36.1. The minimum atomic E-state index is -1.85. The number of benzene rings is 3. The predicted molar refractivity (Wildman–Crippen MR) is 490 cm³/mol. The molecule has 43 heteroatoms. The van der Waals surface area contributed by atoms with Crippen molar-refractivity contribution in [2.24, 2.45) is 35.0 Å². The molecule has 9 rings (SSSR count). The number of carboxylic acid groups (broad SMARTS) is 2. The number of likely N-dealkylation sites (N-methyl/N-ethyl adjacent to an activating group) is 2. The Morgan fingerprint density at radius 2 is 1.15 bits per heavy atom. The van der Waals surface area contributed by atoms with Gasteiger partial charge in [-0.1, -0.05) is 82.1 Å². The van der Waals surface area contributed by atoms with Crippen molar-refractivity contribution in [3.05, 3.63) is 120 Å². The fourth-order valence-corrected chi connectivity index (χ4v) is 18.1. The third-order valence-electron chi connectivity index (χ3n) is 24.6. The highest BCUT2D eigenvalue weighted by Crippen LogP contribution is 2.30. The number of fused-ring (bicyclic) bond motifs is 4. The number of aliphatic hydroxyl groups excluding tert-OH is 1. The van der Waals surface area contributed by atoms with E-state index in [1.165, 1.54) is 64.7 Å². The van der Waals surface area contributed by atoms with Crippen molar-refractivity contribution in [2.45, 2.75) is 235 Å². The minimum absolute atomic E-state index is 0.0355. The summed E-state index contributed by atoms with van der Waals surface area (Å²) in [6, 6.07) is -0.0137. The number of aliphatic carboxylic acids is 2. The Morgan fingerprint density at radius 1 is 0.563 bits per heavy atom. The molecule has 20 N–H and O–H groups in total. The van der Waals surface area contributed by atoms with Crippen molar-refractivity contribution < 1.29 is 112 Å². The number of para-hydroxylation sites is 2. The Bertz CT molecular complexity index is 5300. The summed E-state index contributed by atoms with van der Waals surface area (Å²) < 4.78 is 0. The average molecular weight is 1900 g/mol. The van der Waals surface area contributed by atoms with Crippen LogP contribution in [-0.2, 0) is 117 Å². The van der Waals surface area contributed by atoms with Gasteiger partial charge in [0.25, 0.3) is 0 Å². The van der Waals surface area contributed by atoms with E-state index in [0.717, 1.165) is 31.4 Å². The number of aromatic hydroxyl groups is 1. The molecule has 0 unspecified atom stereocenters. The standard InChI is InChI=1S/C92H123N19O23S/c1-8-9-19-71-85(127)103-66(32-49(2)3)76(116)37-56(74(114)26-27-77(94)117)46-135-47-79(119)100-69(33-52-21-23-58(112)24-22-52)90(132)107(6)50(4)75(115)36-53(38-78(95)118)89(131)109-31-14-20-72(109)86(128)105-68(39-57-43-96-48-99-57)84(126)102-65(25-28-80(120)121)91(133)111-44-59(113)40-73(111)87(129)104-67(34-54-41-97-62-17-12-10-15-60(54)62)83(125)101-64(29-30-93)82(124)106-70(35-55-42-98-63-18-13-11-16-61(55)63)92(134)110(45-81(122)123)51(5)88(130)108(71)7/h10-13,15-18,21-24,41-43,48-51,53,56,59,64-73,97-98,112-113H,8-9,14,19-20,25-40,44-47,93H2,1-7H3,(H2,94,117)(H2,95,118)(H,96,99)(H,100,119)(H,101,125)(H,102,126)(H,103,127)(H,104,129)(H,105,128)(H,106,124)(H,120,121)(H,122,123)/t50-,51-,53-,56-,59+,64-,65-,66-,67-,68-,69-,70-,71-,72-,73-/m0/s1. The summed E-state index contributed by atoms with van der Waals surface area (Å²) in [6.45, 7) is 5.59. The maximum absolute atomic E-state index is 15.7. The molecular formula is C92H123N19O23S. The molecule has 6 heterocycles. The van der Waals surface area contributed by atoms with E-state index in [4.69, 9.17) is 17.2 Å². The van der Waals surface area contributed by atoms with Gasteiger partial charge in [0.2, 0.25) is 82.7 Å². The Kier molecular flexibility index (Phi) is 38.6. The number of phenolic OH excluding ortho intramolecular Hbond substituents is 1. The maximum atomic E-state index is 15.7. The highest BCUT2D eigenvalue weighted by atomic mass is 32.2. The molecule has 3 aliphatic heterocycles. The second kappa shape index (κ2) is 49.5. The van der Waals surface area contributed by atoms with Crippen molar-refractivity contribution in [3.8, 4) is 5.75 Å². The number of amides is 14. The first-order valence-electron chi connectivity index (χ1n) is 45.1. The maximum Gasteiger partial charge on any atom is 0.323 e. The van der Waals surface area contributed by atoms with E-state index < -0.39 is 285 Å². The molecule has 42 nitrogen and oxygen atoms in total. The van der Waals surface area contributed by atoms with Gasteiger partial charge in [0, 0.05) is 156 Å². The molecule has 3 fully saturated rings. The number of thioether (sulfide) groups is 1. The van der Waals surface area contributed by atoms with Crippen LogP contribution in [0, 0.1) is 17.8 Å². The van der Waals surface area contributed by atoms with Gasteiger partial charge in [-0.3, -0.25) is 91.1 Å². The van der Waals surface area contributed by atoms with Crippen LogP contribution in [0.1, 0.15) is 153 Å². The molecular weight excluding hydrogens is 1770 g/mol. The van der Waals surface area contributed by atoms with E-state index in [0.29, 0.717) is 49.8 Å². The van der Waals surface area contributed by atoms with Crippen LogP contribution in [0.4, 0.5) is 0 Å². The smallest absolute Gasteiger partial charge is 0.323 e. The van der Waals surface area contributed by atoms with Crippen molar-refractivity contribution in [2.75, 3.05) is 51.8 Å². The van der Waals surface area contributed by atoms with E-state index in [1.807, 2.05) is 0 Å². The Balaban J connectivity index is 1.11. The molecule has 14 amide bonds. The fourth-order valence-electron chi connectivity index (χ4n) is 17.1. The monoisotopic (exact) mass is 1890 g/mol. The number of aromatic nitrogens is 4. The normalized spacial score (nSPS) is 24.9. The number of aliphatic hydroxyl groups is 1. The number of hydrogen-bond donors (Lipinski definition) is 17. The van der Waals surface area contributed by atoms with Gasteiger partial charge in [0.15, 0.2) is 11.6 Å². The number of hydrogen-bond acceptors (Lipinski definition) is 24. The highest BCUT2D eigenvalue weighted by molar-refractivity contribution is 7.99. The number of carbonyl (C=O) groups excluding carboxylic acids is 17. The topological polar surface area (TPSA) is 644 Å². The first-order chi connectivity index (χ1) is 64.1. The SMILES string of the molecule is CCCC[C@H]1C(=O)N[C@@H](CC(C)C)C(=O)C[C@H](C(=O)CCC(N)=O)CSCC(=O)N[C@@H](Cc2ccc(O)cc2)C(=O)N(C)[C@@H](C)C(=O)C[C@@H](CC(N)=O)C(=O)N2CCC[C@H]2C(=O)N[C@@H](Cc2cnc[nH]2)C(=O)N[C@@H](CCC(=O)O)C(=O)N2C[C@H](O)C[C@H]2C(=O)N[C@@H](Cc2c[nH]c3ccccc23)C(=O)N[C@@H](CCN)C(=O)N[C@@H](Cc2c[nH]c3ccccc23)C(=O)N(CC(=O)O)[C@@H](C)C(=O)N1C. The zero-order chi connectivity index (χ0) is 98.8. The van der Waals surface area contributed by atoms with Crippen LogP contribution in [0.5, 0.6) is 5.75 Å². The number of carbonyl (C=O) groups is 19. The fraction of sp³-hybridized carbons (Fsp3) is 0.522. The summed E-state index contributed by atoms with van der Waals surface area (Å²) in [5.41, 5.74) is 20.1. The summed E-state index contributed by atoms with van der Waals surface area (Å²) in [7, 11) is 2.49. The molecule has 135 heavy (non-hydrogen) atoms. The number of ketones is 3. The molecule has 3 aromatic carbocycles. The van der Waals surface area contributed by atoms with Crippen molar-refractivity contribution in [1.82, 2.24) is 81.7 Å². The van der Waals surface area contributed by atoms with Crippen LogP contribution < -0.4 is 54.4 Å². The number of Topliss-reactive ketones (excluding diaryl/α,β-unsaturated/α-hetero) is 3. The van der Waals surface area contributed by atoms with Gasteiger partial charge in [-0.2, -0.15) is 11.8 Å². The molecule has 0 aliphatic carbocycles. The molecule has 15 atom stereocenters. The lowest BCUT2D eigenvalue weighted by molar-refractivity contribution is -0.154. The lowest BCUT2D eigenvalue weighted by atomic mass is 9.90. The molecule has 0 bridgehead atoms. The number of phenols is 1. The van der Waals surface area contributed by atoms with Gasteiger partial charge in [-0.15, -0.1) is 0 Å². The number of nitrogens with one attached hydrogen (secondary N) is 10. The lowest BCUT2D eigenvalue weighted by Gasteiger charge is -2.36. The van der Waals surface area contributed by atoms with Gasteiger partial charge >= 0.3 is 11.9 Å². The van der Waals surface area contributed by atoms with E-state index in [9.17, 15) is 73.2 Å². The third kappa shape index (κ3) is 29.3. The Labute approximate surface area is 782 Å². The second-order valence-electron chi connectivity index (χ2n) is 35.1. The highest BCUT2D eigenvalue weighted by Gasteiger charge is 2.47. The molecule has 3 saturated heterocycles. The minimum Gasteiger partial charge on any atom is -0.508 e. The van der Waals surface area contributed by atoms with E-state index in [-0.39, 0.29) is 87.6 Å². The van der Waals surface area contributed by atoms with Gasteiger partial charge in [-0.25, -0.2) is 4.98 Å². The van der Waals surface area contributed by atoms with Gasteiger partial charge < -0.3 is 114 Å². The number of nitrogens with zero attached hydrogens (tertiary/aromatic N) is 6. The van der Waals surface area contributed by atoms with E-state index >= 15 is 38.4 Å². The molecule has 0 saturated carbocycles. The Morgan fingerprint density at radius 3 is 1.74 bits per heavy atom. The number of H-pyrrole nitrogens is 3. The number of imidazole rings is 1. The van der Waals surface area contributed by atoms with Crippen molar-refractivity contribution >= 4 is 146 Å². The van der Waals surface area contributed by atoms with Crippen LogP contribution in [0.2, 0.25) is 0 Å². The summed E-state index contributed by atoms with van der Waals surface area (Å²) >= 11 is 0.861. The van der Waals surface area contributed by atoms with Crippen molar-refractivity contribution in [1.29, 1.82) is 0 Å². The summed E-state index contributed by atoms with van der Waals surface area (Å²) in [5, 5.41) is 62.3. The van der Waals surface area contributed by atoms with E-state index in [1.54, 1.807) is 81.7 Å². The van der Waals surface area contributed by atoms with E-state index in [2.05, 4.69) is 57.2 Å². The summed E-state index contributed by atoms with van der Waals surface area (Å²) in [6.07, 6.45) is -1.76. The van der Waals surface area contributed by atoms with Crippen LogP contribution in [0.25, 0.3) is 21.8 Å². The van der Waals surface area contributed by atoms with Gasteiger partial charge in [0.1, 0.15) is 78.5 Å². The number of aromatic amines is 3. The number of rotatable bonds is 26. The molecule has 3 aliphatic rings. The molecule has 6 aromatic rings. The molecule has 0 spiro atoms. The van der Waals surface area contributed by atoms with Crippen LogP contribution in [-0.4, -0.2) is 307 Å². The largest absolute Gasteiger partial charge is 0.508 e. The molecule has 0 radical (unpaired) electrons. The summed E-state index contributed by atoms with van der Waals surface area (Å²) in [5.74, 6) is -23.1. The first kappa shape index (κ1) is 105. The zero-order valence-corrected chi connectivity index (χ0v) is 77.3. The van der Waals surface area contributed by atoms with Gasteiger partial charge in [0.05, 0.1) is 36.2 Å². The number of unbranched alkanes of at least 4 members (excludes halogenated alkanes) is 1. The number of nitrogens with two attached hydrogens (primary N) is 3. The zero-order valence-electron chi connectivity index (χ0n) is 76.5. The first-order valence-corrected chi connectivity index (χ1v) is 46.3. The van der Waals surface area contributed by atoms with Gasteiger partial charge in [-0.05, 0) is 106 Å². The molecule has 730 valence electrons. The Hall–Kier alpha value is -13.5. The van der Waals surface area contributed by atoms with Crippen LogP contribution in [0.15, 0.2) is 97.7 Å². The van der Waals surface area contributed by atoms with Crippen LogP contribution in [0.3, 0.4) is 0 Å². The van der Waals surface area contributed by atoms with Crippen molar-refractivity contribution in [3.63, 3.8) is 0 Å².